The van der Waals surface area contributed by atoms with E-state index in [1.54, 1.807) is 7.05 Å². The van der Waals surface area contributed by atoms with Crippen LogP contribution < -0.4 is 10.6 Å². The normalized spacial score (nSPS) is 12.2. The maximum absolute atomic E-state index is 11.1. The fraction of sp³-hybridized carbons (Fsp3) is 0.417. The van der Waals surface area contributed by atoms with Gasteiger partial charge in [-0.15, -0.1) is 0 Å². The number of hydrogen-bond acceptors (Lipinski definition) is 2. The maximum atomic E-state index is 11.1. The Morgan fingerprint density at radius 1 is 1.40 bits per heavy atom. The molecule has 2 N–H and O–H groups in total. The monoisotopic (exact) mass is 206 g/mol. The van der Waals surface area contributed by atoms with E-state index in [1.165, 1.54) is 11.1 Å². The summed E-state index contributed by atoms with van der Waals surface area (Å²) in [6.07, 6.45) is 0. The number of rotatable bonds is 4. The third-order valence-electron chi connectivity index (χ3n) is 2.50. The van der Waals surface area contributed by atoms with Gasteiger partial charge < -0.3 is 10.6 Å². The lowest BCUT2D eigenvalue weighted by Gasteiger charge is -2.15. The van der Waals surface area contributed by atoms with Crippen molar-refractivity contribution in [1.82, 2.24) is 10.6 Å². The highest BCUT2D eigenvalue weighted by Crippen LogP contribution is 2.15. The van der Waals surface area contributed by atoms with Gasteiger partial charge in [-0.25, -0.2) is 0 Å². The molecule has 3 nitrogen and oxygen atoms in total. The molecule has 0 spiro atoms. The summed E-state index contributed by atoms with van der Waals surface area (Å²) in [6, 6.07) is 8.39. The molecule has 1 amide bonds. The third kappa shape index (κ3) is 3.36. The van der Waals surface area contributed by atoms with E-state index in [1.807, 2.05) is 12.1 Å². The van der Waals surface area contributed by atoms with Crippen LogP contribution in [0.15, 0.2) is 24.3 Å². The molecule has 0 saturated carbocycles. The number of hydrogen-bond donors (Lipinski definition) is 2. The van der Waals surface area contributed by atoms with Crippen molar-refractivity contribution in [3.05, 3.63) is 35.4 Å². The van der Waals surface area contributed by atoms with Crippen molar-refractivity contribution in [2.45, 2.75) is 19.9 Å². The van der Waals surface area contributed by atoms with E-state index in [2.05, 4.69) is 36.6 Å². The predicted octanol–water partition coefficient (Wildman–Crippen LogP) is 1.39. The van der Waals surface area contributed by atoms with Crippen molar-refractivity contribution in [3.8, 4) is 0 Å². The lowest BCUT2D eigenvalue weighted by atomic mass is 10.0. The standard InChI is InChI=1S/C12H18N2O/c1-9-6-4-5-7-11(9)10(2)14-8-12(15)13-3/h4-7,10,14H,8H2,1-3H3,(H,13,15)/t10-/m1/s1. The summed E-state index contributed by atoms with van der Waals surface area (Å²) >= 11 is 0. The first-order valence-corrected chi connectivity index (χ1v) is 5.14. The quantitative estimate of drug-likeness (QED) is 0.781. The van der Waals surface area contributed by atoms with E-state index in [-0.39, 0.29) is 11.9 Å². The van der Waals surface area contributed by atoms with Crippen LogP contribution in [0.5, 0.6) is 0 Å². The largest absolute Gasteiger partial charge is 0.358 e. The highest BCUT2D eigenvalue weighted by Gasteiger charge is 2.08. The van der Waals surface area contributed by atoms with Gasteiger partial charge in [0.15, 0.2) is 0 Å². The van der Waals surface area contributed by atoms with Crippen molar-refractivity contribution < 1.29 is 4.79 Å². The molecule has 0 aliphatic carbocycles. The first-order valence-electron chi connectivity index (χ1n) is 5.14. The molecule has 0 saturated heterocycles. The SMILES string of the molecule is CNC(=O)CN[C@H](C)c1ccccc1C. The molecule has 0 aliphatic rings. The second-order valence-electron chi connectivity index (χ2n) is 3.63. The molecule has 0 fully saturated rings. The van der Waals surface area contributed by atoms with Gasteiger partial charge in [-0.3, -0.25) is 4.79 Å². The Bertz CT molecular complexity index is 336. The molecular formula is C12H18N2O. The molecule has 0 bridgehead atoms. The first-order chi connectivity index (χ1) is 7.15. The summed E-state index contributed by atoms with van der Waals surface area (Å²) < 4.78 is 0. The topological polar surface area (TPSA) is 41.1 Å². The van der Waals surface area contributed by atoms with E-state index >= 15 is 0 Å². The summed E-state index contributed by atoms with van der Waals surface area (Å²) in [4.78, 5) is 11.1. The summed E-state index contributed by atoms with van der Waals surface area (Å²) in [6.45, 7) is 4.49. The number of benzene rings is 1. The predicted molar refractivity (Wildman–Crippen MR) is 61.7 cm³/mol. The van der Waals surface area contributed by atoms with Gasteiger partial charge in [0.2, 0.25) is 5.91 Å². The van der Waals surface area contributed by atoms with Crippen LogP contribution in [0.3, 0.4) is 0 Å². The van der Waals surface area contributed by atoms with Crippen LogP contribution in [-0.4, -0.2) is 19.5 Å². The molecule has 0 unspecified atom stereocenters. The molecule has 0 heterocycles. The molecular weight excluding hydrogens is 188 g/mol. The third-order valence-corrected chi connectivity index (χ3v) is 2.50. The molecule has 1 rings (SSSR count). The minimum atomic E-state index is 0.00966. The molecule has 1 aromatic rings. The Balaban J connectivity index is 2.57. The molecule has 0 aromatic heterocycles. The summed E-state index contributed by atoms with van der Waals surface area (Å²) in [7, 11) is 1.64. The van der Waals surface area contributed by atoms with Gasteiger partial charge >= 0.3 is 0 Å². The molecule has 1 atom stereocenters. The number of likely N-dealkylation sites (N-methyl/N-ethyl adjacent to an activating group) is 1. The van der Waals surface area contributed by atoms with Gasteiger partial charge in [0.1, 0.15) is 0 Å². The van der Waals surface area contributed by atoms with Crippen molar-refractivity contribution in [3.63, 3.8) is 0 Å². The van der Waals surface area contributed by atoms with Crippen molar-refractivity contribution in [2.75, 3.05) is 13.6 Å². The van der Waals surface area contributed by atoms with Crippen LogP contribution in [0, 0.1) is 6.92 Å². The highest BCUT2D eigenvalue weighted by molar-refractivity contribution is 5.77. The summed E-state index contributed by atoms with van der Waals surface area (Å²) in [5.74, 6) is 0.00966. The molecule has 3 heteroatoms. The Kier molecular flexibility index (Phi) is 4.31. The number of aryl methyl sites for hydroxylation is 1. The second kappa shape index (κ2) is 5.51. The van der Waals surface area contributed by atoms with Crippen LogP contribution in [0.4, 0.5) is 0 Å². The second-order valence-corrected chi connectivity index (χ2v) is 3.63. The van der Waals surface area contributed by atoms with Crippen molar-refractivity contribution in [1.29, 1.82) is 0 Å². The van der Waals surface area contributed by atoms with Crippen LogP contribution in [0.2, 0.25) is 0 Å². The van der Waals surface area contributed by atoms with Crippen molar-refractivity contribution in [2.24, 2.45) is 0 Å². The Labute approximate surface area is 90.9 Å². The van der Waals surface area contributed by atoms with Gasteiger partial charge in [0.05, 0.1) is 6.54 Å². The summed E-state index contributed by atoms with van der Waals surface area (Å²) in [5.41, 5.74) is 2.48. The van der Waals surface area contributed by atoms with E-state index in [0.29, 0.717) is 6.54 Å². The molecule has 0 aliphatic heterocycles. The molecule has 82 valence electrons. The fourth-order valence-electron chi connectivity index (χ4n) is 1.52. The molecule has 15 heavy (non-hydrogen) atoms. The van der Waals surface area contributed by atoms with Gasteiger partial charge in [-0.2, -0.15) is 0 Å². The molecule has 1 aromatic carbocycles. The van der Waals surface area contributed by atoms with Gasteiger partial charge in [-0.1, -0.05) is 24.3 Å². The van der Waals surface area contributed by atoms with E-state index < -0.39 is 0 Å². The maximum Gasteiger partial charge on any atom is 0.233 e. The number of amides is 1. The highest BCUT2D eigenvalue weighted by atomic mass is 16.1. The lowest BCUT2D eigenvalue weighted by Crippen LogP contribution is -2.33. The zero-order valence-electron chi connectivity index (χ0n) is 9.50. The average Bonchev–Trinajstić information content (AvgIpc) is 2.26. The summed E-state index contributed by atoms with van der Waals surface area (Å²) in [5, 5.41) is 5.76. The zero-order chi connectivity index (χ0) is 11.3. The van der Waals surface area contributed by atoms with Crippen LogP contribution in [-0.2, 0) is 4.79 Å². The number of carbonyl (C=O) groups excluding carboxylic acids is 1. The smallest absolute Gasteiger partial charge is 0.233 e. The minimum absolute atomic E-state index is 0.00966. The first kappa shape index (κ1) is 11.7. The van der Waals surface area contributed by atoms with E-state index in [9.17, 15) is 4.79 Å². The van der Waals surface area contributed by atoms with Crippen LogP contribution in [0.1, 0.15) is 24.1 Å². The van der Waals surface area contributed by atoms with Gasteiger partial charge in [0.25, 0.3) is 0 Å². The van der Waals surface area contributed by atoms with E-state index in [0.717, 1.165) is 0 Å². The number of nitrogens with one attached hydrogen (secondary N) is 2. The van der Waals surface area contributed by atoms with Gasteiger partial charge in [0, 0.05) is 13.1 Å². The van der Waals surface area contributed by atoms with Crippen molar-refractivity contribution >= 4 is 5.91 Å². The van der Waals surface area contributed by atoms with Gasteiger partial charge in [-0.05, 0) is 25.0 Å². The Hall–Kier alpha value is -1.35. The lowest BCUT2D eigenvalue weighted by molar-refractivity contribution is -0.119. The van der Waals surface area contributed by atoms with Crippen LogP contribution in [0.25, 0.3) is 0 Å². The van der Waals surface area contributed by atoms with Crippen LogP contribution >= 0.6 is 0 Å². The Morgan fingerprint density at radius 2 is 2.07 bits per heavy atom. The zero-order valence-corrected chi connectivity index (χ0v) is 9.50. The number of carbonyl (C=O) groups is 1. The molecule has 0 radical (unpaired) electrons. The minimum Gasteiger partial charge on any atom is -0.358 e. The average molecular weight is 206 g/mol. The Morgan fingerprint density at radius 3 is 2.67 bits per heavy atom. The fourth-order valence-corrected chi connectivity index (χ4v) is 1.52. The van der Waals surface area contributed by atoms with E-state index in [4.69, 9.17) is 0 Å².